The van der Waals surface area contributed by atoms with Gasteiger partial charge in [0.15, 0.2) is 0 Å². The summed E-state index contributed by atoms with van der Waals surface area (Å²) >= 11 is 0. The Morgan fingerprint density at radius 3 is 2.50 bits per heavy atom. The molecule has 0 bridgehead atoms. The van der Waals surface area contributed by atoms with E-state index in [1.807, 2.05) is 0 Å². The third kappa shape index (κ3) is 2.97. The van der Waals surface area contributed by atoms with Gasteiger partial charge in [0.2, 0.25) is 10.0 Å². The largest absolute Gasteiger partial charge is 0.497 e. The number of benzene rings is 1. The molecule has 1 N–H and O–H groups in total. The van der Waals surface area contributed by atoms with Crippen LogP contribution in [0.1, 0.15) is 18.4 Å². The Bertz CT molecular complexity index is 563. The van der Waals surface area contributed by atoms with Crippen LogP contribution in [0.3, 0.4) is 0 Å². The molecule has 1 aromatic rings. The molecule has 1 heterocycles. The van der Waals surface area contributed by atoms with E-state index in [4.69, 9.17) is 9.84 Å². The zero-order chi connectivity index (χ0) is 14.8. The summed E-state index contributed by atoms with van der Waals surface area (Å²) < 4.78 is 31.9. The lowest BCUT2D eigenvalue weighted by molar-refractivity contribution is 0.170. The van der Waals surface area contributed by atoms with Crippen LogP contribution >= 0.6 is 0 Å². The summed E-state index contributed by atoms with van der Waals surface area (Å²) in [7, 11) is -1.90. The van der Waals surface area contributed by atoms with Crippen LogP contribution in [0.15, 0.2) is 23.1 Å². The highest BCUT2D eigenvalue weighted by atomic mass is 32.2. The van der Waals surface area contributed by atoms with Gasteiger partial charge >= 0.3 is 0 Å². The van der Waals surface area contributed by atoms with Crippen molar-refractivity contribution in [2.45, 2.75) is 24.7 Å². The third-order valence-corrected chi connectivity index (χ3v) is 5.89. The lowest BCUT2D eigenvalue weighted by Crippen LogP contribution is -2.39. The molecule has 0 amide bonds. The minimum Gasteiger partial charge on any atom is -0.497 e. The first-order valence-electron chi connectivity index (χ1n) is 6.74. The van der Waals surface area contributed by atoms with Crippen molar-refractivity contribution < 1.29 is 18.3 Å². The maximum atomic E-state index is 12.6. The molecule has 6 heteroatoms. The van der Waals surface area contributed by atoms with Crippen LogP contribution in [0.4, 0.5) is 0 Å². The fourth-order valence-electron chi connectivity index (χ4n) is 2.51. The summed E-state index contributed by atoms with van der Waals surface area (Å²) in [6, 6.07) is 5.00. The van der Waals surface area contributed by atoms with E-state index in [9.17, 15) is 8.42 Å². The minimum absolute atomic E-state index is 0.134. The molecular weight excluding hydrogens is 278 g/mol. The fourth-order valence-corrected chi connectivity index (χ4v) is 4.19. The van der Waals surface area contributed by atoms with Gasteiger partial charge in [0.25, 0.3) is 0 Å². The molecule has 0 atom stereocenters. The molecular formula is C14H21NO4S. The van der Waals surface area contributed by atoms with Crippen LogP contribution < -0.4 is 4.74 Å². The summed E-state index contributed by atoms with van der Waals surface area (Å²) in [6.45, 7) is 2.85. The van der Waals surface area contributed by atoms with Crippen LogP contribution in [0.5, 0.6) is 5.75 Å². The van der Waals surface area contributed by atoms with Crippen LogP contribution in [0, 0.1) is 12.8 Å². The van der Waals surface area contributed by atoms with Crippen molar-refractivity contribution in [2.24, 2.45) is 5.92 Å². The zero-order valence-corrected chi connectivity index (χ0v) is 12.7. The number of aryl methyl sites for hydroxylation is 1. The topological polar surface area (TPSA) is 66.8 Å². The smallest absolute Gasteiger partial charge is 0.243 e. The number of hydrogen-bond donors (Lipinski definition) is 1. The molecule has 0 aliphatic carbocycles. The quantitative estimate of drug-likeness (QED) is 0.912. The van der Waals surface area contributed by atoms with Gasteiger partial charge in [-0.3, -0.25) is 0 Å². The normalized spacial score (nSPS) is 18.1. The molecule has 1 fully saturated rings. The van der Waals surface area contributed by atoms with Crippen molar-refractivity contribution in [3.8, 4) is 5.75 Å². The Balaban J connectivity index is 2.23. The van der Waals surface area contributed by atoms with Crippen LogP contribution in [-0.4, -0.2) is 44.6 Å². The maximum absolute atomic E-state index is 12.6. The van der Waals surface area contributed by atoms with Gasteiger partial charge in [-0.1, -0.05) is 0 Å². The van der Waals surface area contributed by atoms with Crippen molar-refractivity contribution >= 4 is 10.0 Å². The Hall–Kier alpha value is -1.11. The molecule has 112 valence electrons. The molecule has 1 aromatic carbocycles. The van der Waals surface area contributed by atoms with E-state index in [2.05, 4.69) is 0 Å². The molecule has 20 heavy (non-hydrogen) atoms. The molecule has 0 radical (unpaired) electrons. The van der Waals surface area contributed by atoms with Gasteiger partial charge in [-0.15, -0.1) is 0 Å². The van der Waals surface area contributed by atoms with Gasteiger partial charge in [-0.2, -0.15) is 4.31 Å². The summed E-state index contributed by atoms with van der Waals surface area (Å²) in [5, 5.41) is 9.12. The molecule has 0 unspecified atom stereocenters. The van der Waals surface area contributed by atoms with Gasteiger partial charge in [-0.05, 0) is 49.4 Å². The minimum atomic E-state index is -3.45. The number of rotatable bonds is 4. The van der Waals surface area contributed by atoms with Gasteiger partial charge in [0, 0.05) is 19.7 Å². The number of sulfonamides is 1. The van der Waals surface area contributed by atoms with Gasteiger partial charge in [0.05, 0.1) is 12.0 Å². The van der Waals surface area contributed by atoms with E-state index in [1.54, 1.807) is 32.2 Å². The van der Waals surface area contributed by atoms with Crippen LogP contribution in [0.2, 0.25) is 0 Å². The van der Waals surface area contributed by atoms with Crippen molar-refractivity contribution in [1.82, 2.24) is 4.31 Å². The number of aliphatic hydroxyl groups excluding tert-OH is 1. The lowest BCUT2D eigenvalue weighted by atomic mass is 10.00. The second kappa shape index (κ2) is 6.11. The molecule has 0 aromatic heterocycles. The maximum Gasteiger partial charge on any atom is 0.243 e. The molecule has 1 aliphatic rings. The van der Waals surface area contributed by atoms with E-state index < -0.39 is 10.0 Å². The molecule has 0 saturated carbocycles. The second-order valence-electron chi connectivity index (χ2n) is 5.16. The van der Waals surface area contributed by atoms with Crippen LogP contribution in [0.25, 0.3) is 0 Å². The predicted molar refractivity (Wildman–Crippen MR) is 76.3 cm³/mol. The van der Waals surface area contributed by atoms with Crippen molar-refractivity contribution in [1.29, 1.82) is 0 Å². The highest BCUT2D eigenvalue weighted by molar-refractivity contribution is 7.89. The molecule has 1 aliphatic heterocycles. The summed E-state index contributed by atoms with van der Waals surface area (Å²) in [4.78, 5) is 0.334. The number of nitrogens with zero attached hydrogens (tertiary/aromatic N) is 1. The van der Waals surface area contributed by atoms with E-state index in [1.165, 1.54) is 4.31 Å². The van der Waals surface area contributed by atoms with Crippen molar-refractivity contribution in [3.05, 3.63) is 23.8 Å². The number of ether oxygens (including phenoxy) is 1. The molecule has 1 saturated heterocycles. The highest BCUT2D eigenvalue weighted by Crippen LogP contribution is 2.27. The SMILES string of the molecule is COc1ccc(S(=O)(=O)N2CCC(CO)CC2)c(C)c1. The monoisotopic (exact) mass is 299 g/mol. The first kappa shape index (κ1) is 15.3. The van der Waals surface area contributed by atoms with E-state index in [0.717, 1.165) is 0 Å². The number of methoxy groups -OCH3 is 1. The van der Waals surface area contributed by atoms with E-state index in [-0.39, 0.29) is 12.5 Å². The average molecular weight is 299 g/mol. The summed E-state index contributed by atoms with van der Waals surface area (Å²) in [5.74, 6) is 0.874. The van der Waals surface area contributed by atoms with Gasteiger partial charge < -0.3 is 9.84 Å². The Kier molecular flexibility index (Phi) is 4.67. The molecule has 5 nitrogen and oxygen atoms in total. The first-order valence-corrected chi connectivity index (χ1v) is 8.18. The average Bonchev–Trinajstić information content (AvgIpc) is 2.46. The lowest BCUT2D eigenvalue weighted by Gasteiger charge is -2.30. The van der Waals surface area contributed by atoms with Gasteiger partial charge in [0.1, 0.15) is 5.75 Å². The fraction of sp³-hybridized carbons (Fsp3) is 0.571. The third-order valence-electron chi connectivity index (χ3n) is 3.83. The molecule has 0 spiro atoms. The zero-order valence-electron chi connectivity index (χ0n) is 11.9. The second-order valence-corrected chi connectivity index (χ2v) is 7.07. The Morgan fingerprint density at radius 2 is 2.00 bits per heavy atom. The van der Waals surface area contributed by atoms with Gasteiger partial charge in [-0.25, -0.2) is 8.42 Å². The Labute approximate surface area is 120 Å². The number of piperidine rings is 1. The van der Waals surface area contributed by atoms with Crippen molar-refractivity contribution in [2.75, 3.05) is 26.8 Å². The van der Waals surface area contributed by atoms with Crippen molar-refractivity contribution in [3.63, 3.8) is 0 Å². The predicted octanol–water partition coefficient (Wildman–Crippen LogP) is 1.40. The van der Waals surface area contributed by atoms with Crippen LogP contribution in [-0.2, 0) is 10.0 Å². The van der Waals surface area contributed by atoms with E-state index >= 15 is 0 Å². The standard InChI is InChI=1S/C14H21NO4S/c1-11-9-13(19-2)3-4-14(11)20(17,18)15-7-5-12(10-16)6-8-15/h3-4,9,12,16H,5-8,10H2,1-2H3. The molecule has 2 rings (SSSR count). The summed E-state index contributed by atoms with van der Waals surface area (Å²) in [6.07, 6.45) is 1.43. The number of hydrogen-bond acceptors (Lipinski definition) is 4. The van der Waals surface area contributed by atoms with E-state index in [0.29, 0.717) is 42.1 Å². The Morgan fingerprint density at radius 1 is 1.35 bits per heavy atom. The summed E-state index contributed by atoms with van der Waals surface area (Å²) in [5.41, 5.74) is 0.689. The first-order chi connectivity index (χ1) is 9.48. The number of aliphatic hydroxyl groups is 1. The highest BCUT2D eigenvalue weighted by Gasteiger charge is 2.30.